The van der Waals surface area contributed by atoms with Crippen molar-refractivity contribution in [2.75, 3.05) is 7.11 Å². The van der Waals surface area contributed by atoms with E-state index in [2.05, 4.69) is 4.98 Å². The molecular weight excluding hydrogens is 420 g/mol. The van der Waals surface area contributed by atoms with Crippen LogP contribution in [-0.2, 0) is 16.1 Å². The van der Waals surface area contributed by atoms with Crippen molar-refractivity contribution >= 4 is 17.4 Å². The van der Waals surface area contributed by atoms with Crippen LogP contribution in [0, 0.1) is 6.92 Å². The molecule has 0 radical (unpaired) electrons. The Bertz CT molecular complexity index is 1230. The van der Waals surface area contributed by atoms with Gasteiger partial charge in [-0.25, -0.2) is 0 Å². The molecule has 7 nitrogen and oxygen atoms in total. The Kier molecular flexibility index (Phi) is 6.05. The van der Waals surface area contributed by atoms with E-state index >= 15 is 0 Å². The van der Waals surface area contributed by atoms with E-state index in [4.69, 9.17) is 9.15 Å². The van der Waals surface area contributed by atoms with E-state index in [0.717, 1.165) is 11.1 Å². The van der Waals surface area contributed by atoms with Crippen LogP contribution in [0.2, 0.25) is 0 Å². The molecule has 1 atom stereocenters. The number of aryl methyl sites for hydroxylation is 1. The van der Waals surface area contributed by atoms with Gasteiger partial charge in [0, 0.05) is 24.5 Å². The molecule has 2 aromatic heterocycles. The van der Waals surface area contributed by atoms with E-state index in [1.54, 1.807) is 62.8 Å². The van der Waals surface area contributed by atoms with E-state index in [1.165, 1.54) is 4.90 Å². The van der Waals surface area contributed by atoms with E-state index in [1.807, 2.05) is 19.9 Å². The molecule has 3 heterocycles. The number of Topliss-reactive ketones (excluding diaryl/α,β-unsaturated/α-hetero) is 1. The zero-order valence-corrected chi connectivity index (χ0v) is 19.0. The van der Waals surface area contributed by atoms with Gasteiger partial charge in [0.25, 0.3) is 11.7 Å². The lowest BCUT2D eigenvalue weighted by molar-refractivity contribution is -0.140. The minimum Gasteiger partial charge on any atom is -0.507 e. The van der Waals surface area contributed by atoms with Crippen LogP contribution < -0.4 is 4.74 Å². The number of methoxy groups -OCH3 is 1. The lowest BCUT2D eigenvalue weighted by Crippen LogP contribution is -2.29. The van der Waals surface area contributed by atoms with Crippen LogP contribution in [0.3, 0.4) is 0 Å². The quantitative estimate of drug-likeness (QED) is 0.334. The van der Waals surface area contributed by atoms with Crippen LogP contribution in [0.4, 0.5) is 0 Å². The number of aliphatic hydroxyl groups is 1. The van der Waals surface area contributed by atoms with E-state index < -0.39 is 17.7 Å². The first-order chi connectivity index (χ1) is 15.8. The second-order valence-corrected chi connectivity index (χ2v) is 8.35. The third kappa shape index (κ3) is 4.14. The molecule has 1 aliphatic rings. The van der Waals surface area contributed by atoms with Gasteiger partial charge in [-0.2, -0.15) is 0 Å². The number of carbonyl (C=O) groups is 2. The van der Waals surface area contributed by atoms with Crippen molar-refractivity contribution in [1.82, 2.24) is 9.88 Å². The maximum Gasteiger partial charge on any atom is 0.296 e. The van der Waals surface area contributed by atoms with Gasteiger partial charge in [-0.15, -0.1) is 0 Å². The van der Waals surface area contributed by atoms with Gasteiger partial charge >= 0.3 is 0 Å². The maximum atomic E-state index is 13.2. The minimum atomic E-state index is -0.858. The summed E-state index contributed by atoms with van der Waals surface area (Å²) < 4.78 is 11.3. The van der Waals surface area contributed by atoms with E-state index in [9.17, 15) is 14.7 Å². The number of nitrogens with zero attached hydrogens (tertiary/aromatic N) is 2. The van der Waals surface area contributed by atoms with Crippen LogP contribution in [0.15, 0.2) is 64.8 Å². The Labute approximate surface area is 192 Å². The molecule has 0 saturated carbocycles. The third-order valence-electron chi connectivity index (χ3n) is 5.77. The molecule has 1 unspecified atom stereocenters. The summed E-state index contributed by atoms with van der Waals surface area (Å²) >= 11 is 0. The summed E-state index contributed by atoms with van der Waals surface area (Å²) in [5, 5.41) is 11.3. The summed E-state index contributed by atoms with van der Waals surface area (Å²) in [6.07, 6.45) is 3.28. The van der Waals surface area contributed by atoms with E-state index in [-0.39, 0.29) is 23.8 Å². The molecular formula is C26H26N2O5. The number of pyridine rings is 1. The lowest BCUT2D eigenvalue weighted by Gasteiger charge is -2.23. The van der Waals surface area contributed by atoms with Crippen molar-refractivity contribution in [2.45, 2.75) is 39.3 Å². The predicted molar refractivity (Wildman–Crippen MR) is 123 cm³/mol. The number of amides is 1. The number of carbonyl (C=O) groups excluding carboxylic acids is 2. The highest BCUT2D eigenvalue weighted by Crippen LogP contribution is 2.41. The zero-order valence-electron chi connectivity index (χ0n) is 19.0. The smallest absolute Gasteiger partial charge is 0.296 e. The van der Waals surface area contributed by atoms with Gasteiger partial charge < -0.3 is 19.2 Å². The number of hydrogen-bond acceptors (Lipinski definition) is 6. The molecule has 1 fully saturated rings. The number of hydrogen-bond donors (Lipinski definition) is 1. The summed E-state index contributed by atoms with van der Waals surface area (Å²) in [6, 6.07) is 11.5. The maximum absolute atomic E-state index is 13.2. The van der Waals surface area contributed by atoms with Gasteiger partial charge in [0.1, 0.15) is 29.1 Å². The fraction of sp³-hybridized carbons (Fsp3) is 0.269. The summed E-state index contributed by atoms with van der Waals surface area (Å²) in [5.41, 5.74) is 2.08. The third-order valence-corrected chi connectivity index (χ3v) is 5.77. The topological polar surface area (TPSA) is 92.9 Å². The number of ether oxygens (including phenoxy) is 1. The zero-order chi connectivity index (χ0) is 23.7. The van der Waals surface area contributed by atoms with Crippen molar-refractivity contribution < 1.29 is 23.8 Å². The van der Waals surface area contributed by atoms with Crippen LogP contribution in [0.5, 0.6) is 5.75 Å². The summed E-state index contributed by atoms with van der Waals surface area (Å²) in [5.74, 6) is 0.180. The summed E-state index contributed by atoms with van der Waals surface area (Å²) in [6.45, 7) is 5.97. The summed E-state index contributed by atoms with van der Waals surface area (Å²) in [4.78, 5) is 31.7. The van der Waals surface area contributed by atoms with Gasteiger partial charge in [0.2, 0.25) is 0 Å². The molecule has 3 aromatic rings. The number of rotatable bonds is 6. The van der Waals surface area contributed by atoms with Crippen molar-refractivity contribution in [3.05, 3.63) is 88.6 Å². The highest BCUT2D eigenvalue weighted by molar-refractivity contribution is 6.46. The van der Waals surface area contributed by atoms with Crippen molar-refractivity contribution in [3.63, 3.8) is 0 Å². The predicted octanol–water partition coefficient (Wildman–Crippen LogP) is 4.74. The Morgan fingerprint density at radius 2 is 2.00 bits per heavy atom. The molecule has 0 bridgehead atoms. The molecule has 1 amide bonds. The van der Waals surface area contributed by atoms with Crippen molar-refractivity contribution in [1.29, 1.82) is 0 Å². The highest BCUT2D eigenvalue weighted by Gasteiger charge is 2.47. The molecule has 0 spiro atoms. The molecule has 0 aliphatic carbocycles. The second-order valence-electron chi connectivity index (χ2n) is 8.35. The van der Waals surface area contributed by atoms with Gasteiger partial charge in [-0.3, -0.25) is 14.6 Å². The summed E-state index contributed by atoms with van der Waals surface area (Å²) in [7, 11) is 1.59. The molecule has 4 rings (SSSR count). The molecule has 7 heteroatoms. The largest absolute Gasteiger partial charge is 0.507 e. The molecule has 33 heavy (non-hydrogen) atoms. The first-order valence-electron chi connectivity index (χ1n) is 10.7. The monoisotopic (exact) mass is 446 g/mol. The van der Waals surface area contributed by atoms with Crippen LogP contribution in [0.25, 0.3) is 5.76 Å². The Hall–Kier alpha value is -3.87. The average molecular weight is 447 g/mol. The second kappa shape index (κ2) is 8.94. The highest BCUT2D eigenvalue weighted by atomic mass is 16.5. The first-order valence-corrected chi connectivity index (χ1v) is 10.7. The number of aliphatic hydroxyl groups excluding tert-OH is 1. The molecule has 1 aliphatic heterocycles. The first kappa shape index (κ1) is 22.3. The molecule has 1 N–H and O–H groups in total. The standard InChI is InChI=1S/C26H26N2O5/c1-15(2)19-12-18(8-10-20(19)32-4)24(29)22-23(21-9-7-16(3)33-21)28(26(31)25(22)30)14-17-6-5-11-27-13-17/h5-13,15,23,29H,14H2,1-4H3/b24-22-. The average Bonchev–Trinajstić information content (AvgIpc) is 3.35. The van der Waals surface area contributed by atoms with Gasteiger partial charge in [-0.1, -0.05) is 19.9 Å². The van der Waals surface area contributed by atoms with Crippen LogP contribution >= 0.6 is 0 Å². The number of likely N-dealkylation sites (tertiary alicyclic amines) is 1. The number of ketones is 1. The molecule has 1 saturated heterocycles. The Morgan fingerprint density at radius 3 is 2.61 bits per heavy atom. The molecule has 1 aromatic carbocycles. The van der Waals surface area contributed by atoms with Gasteiger partial charge in [0.15, 0.2) is 0 Å². The van der Waals surface area contributed by atoms with Crippen LogP contribution in [0.1, 0.15) is 54.0 Å². The van der Waals surface area contributed by atoms with Gasteiger partial charge in [-0.05, 0) is 60.4 Å². The Morgan fingerprint density at radius 1 is 1.21 bits per heavy atom. The molecule has 170 valence electrons. The fourth-order valence-electron chi connectivity index (χ4n) is 4.12. The van der Waals surface area contributed by atoms with Gasteiger partial charge in [0.05, 0.1) is 12.7 Å². The van der Waals surface area contributed by atoms with Crippen LogP contribution in [-0.4, -0.2) is 33.8 Å². The number of furan rings is 1. The number of benzene rings is 1. The SMILES string of the molecule is COc1ccc(/C(O)=C2/C(=O)C(=O)N(Cc3cccnc3)C2c2ccc(C)o2)cc1C(C)C. The minimum absolute atomic E-state index is 0.00175. The van der Waals surface area contributed by atoms with E-state index in [0.29, 0.717) is 22.8 Å². The van der Waals surface area contributed by atoms with Crippen molar-refractivity contribution in [3.8, 4) is 5.75 Å². The fourth-order valence-corrected chi connectivity index (χ4v) is 4.12. The normalized spacial score (nSPS) is 17.7. The van der Waals surface area contributed by atoms with Crippen molar-refractivity contribution in [2.24, 2.45) is 0 Å². The Balaban J connectivity index is 1.86. The lowest BCUT2D eigenvalue weighted by atomic mass is 9.95. The number of aromatic nitrogens is 1.